The number of aromatic nitrogens is 4. The second-order valence-electron chi connectivity index (χ2n) is 21.7. The van der Waals surface area contributed by atoms with Gasteiger partial charge in [-0.25, -0.2) is 9.67 Å². The summed E-state index contributed by atoms with van der Waals surface area (Å²) in [6, 6.07) is 3.86. The van der Waals surface area contributed by atoms with Gasteiger partial charge in [0.15, 0.2) is 5.82 Å². The highest BCUT2D eigenvalue weighted by Crippen LogP contribution is 2.79. The molecule has 9 nitrogen and oxygen atoms in total. The molecule has 4 aliphatic carbocycles. The maximum Gasteiger partial charge on any atom is 0.307 e. The summed E-state index contributed by atoms with van der Waals surface area (Å²) >= 11 is 0. The molecule has 0 spiro atoms. The molecule has 0 amide bonds. The Morgan fingerprint density at radius 3 is 2.33 bits per heavy atom. The third-order valence-electron chi connectivity index (χ3n) is 18.6. The van der Waals surface area contributed by atoms with E-state index in [1.807, 2.05) is 24.5 Å². The monoisotopic (exact) mass is 758 g/mol. The summed E-state index contributed by atoms with van der Waals surface area (Å²) in [6.07, 6.45) is 13.1. The average Bonchev–Trinajstić information content (AvgIpc) is 3.60. The molecule has 1 unspecified atom stereocenters. The molecule has 13 atom stereocenters. The third-order valence-corrected chi connectivity index (χ3v) is 18.6. The summed E-state index contributed by atoms with van der Waals surface area (Å²) < 4.78 is 16.5. The zero-order valence-corrected chi connectivity index (χ0v) is 36.2. The Labute approximate surface area is 331 Å². The topological polar surface area (TPSA) is 125 Å². The fourth-order valence-electron chi connectivity index (χ4n) is 13.5. The number of rotatable bonds is 8. The molecule has 3 N–H and O–H groups in total. The summed E-state index contributed by atoms with van der Waals surface area (Å²) in [5.74, 6) is 0.690. The summed E-state index contributed by atoms with van der Waals surface area (Å²) in [5, 5.41) is 16.2. The molecule has 304 valence electrons. The standard InChI is InChI=1S/C46H71N5O4/c1-28(2)29(3)40(8)20-21-41(9)32-15-19-44(12)43(11)25-54-30(4)46(44,33(32)14-18-42(41,10)35(40)38(52)53)24-34(36(43)55-26-45(13,47)39(5,6)7)51-37(49-27-50-51)31-16-22-48-23-17-31/h14,16-17,22-23,27-30,32,34-36H,15,18-21,24-26,47H2,1-13H3,(H,52,53)/t29-,30+,32+,34-,35-,36+,40-,41-,42+,43+,44+,45?,46+/m1/s1. The van der Waals surface area contributed by atoms with E-state index < -0.39 is 28.3 Å². The van der Waals surface area contributed by atoms with Gasteiger partial charge in [0, 0.05) is 34.3 Å². The van der Waals surface area contributed by atoms with Crippen LogP contribution in [0.5, 0.6) is 0 Å². The predicted octanol–water partition coefficient (Wildman–Crippen LogP) is 9.40. The highest BCUT2D eigenvalue weighted by molar-refractivity contribution is 5.73. The first kappa shape index (κ1) is 40.6. The van der Waals surface area contributed by atoms with Gasteiger partial charge in [0.25, 0.3) is 0 Å². The lowest BCUT2D eigenvalue weighted by Crippen LogP contribution is -2.75. The highest BCUT2D eigenvalue weighted by atomic mass is 16.5. The minimum atomic E-state index is -0.629. The number of fused-ring (bicyclic) bond motifs is 3. The van der Waals surface area contributed by atoms with Gasteiger partial charge in [0.1, 0.15) is 6.33 Å². The van der Waals surface area contributed by atoms with E-state index in [-0.39, 0.29) is 51.2 Å². The Balaban J connectivity index is 1.40. The van der Waals surface area contributed by atoms with Gasteiger partial charge < -0.3 is 20.3 Å². The number of nitrogens with two attached hydrogens (primary N) is 1. The van der Waals surface area contributed by atoms with Crippen molar-refractivity contribution < 1.29 is 19.4 Å². The number of pyridine rings is 1. The van der Waals surface area contributed by atoms with Gasteiger partial charge in [-0.2, -0.15) is 5.10 Å². The average molecular weight is 758 g/mol. The molecule has 55 heavy (non-hydrogen) atoms. The van der Waals surface area contributed by atoms with Crippen LogP contribution in [0.1, 0.15) is 135 Å². The minimum Gasteiger partial charge on any atom is -0.481 e. The zero-order chi connectivity index (χ0) is 40.4. The quantitative estimate of drug-likeness (QED) is 0.255. The van der Waals surface area contributed by atoms with E-state index in [0.29, 0.717) is 25.0 Å². The van der Waals surface area contributed by atoms with Gasteiger partial charge in [-0.15, -0.1) is 0 Å². The minimum absolute atomic E-state index is 0.0524. The first-order valence-corrected chi connectivity index (χ1v) is 21.2. The summed E-state index contributed by atoms with van der Waals surface area (Å²) in [6.45, 7) is 30.8. The normalized spacial score (nSPS) is 43.0. The number of hydrogen-bond donors (Lipinski definition) is 2. The van der Waals surface area contributed by atoms with E-state index in [2.05, 4.69) is 106 Å². The van der Waals surface area contributed by atoms with Gasteiger partial charge in [0.05, 0.1) is 37.4 Å². The number of aliphatic carboxylic acids is 1. The number of carboxylic acid groups (broad SMARTS) is 1. The van der Waals surface area contributed by atoms with Crippen LogP contribution in [0, 0.1) is 61.6 Å². The van der Waals surface area contributed by atoms with Crippen molar-refractivity contribution in [3.8, 4) is 11.4 Å². The largest absolute Gasteiger partial charge is 0.481 e. The van der Waals surface area contributed by atoms with Crippen molar-refractivity contribution in [3.63, 3.8) is 0 Å². The maximum atomic E-state index is 13.7. The molecule has 5 aliphatic rings. The van der Waals surface area contributed by atoms with Crippen LogP contribution >= 0.6 is 0 Å². The van der Waals surface area contributed by atoms with Crippen molar-refractivity contribution in [1.29, 1.82) is 0 Å². The van der Waals surface area contributed by atoms with E-state index in [9.17, 15) is 9.90 Å². The van der Waals surface area contributed by atoms with Crippen LogP contribution in [0.25, 0.3) is 11.4 Å². The summed E-state index contributed by atoms with van der Waals surface area (Å²) in [5.41, 5.74) is 7.01. The van der Waals surface area contributed by atoms with E-state index in [4.69, 9.17) is 25.3 Å². The maximum absolute atomic E-state index is 13.7. The van der Waals surface area contributed by atoms with Crippen molar-refractivity contribution in [1.82, 2.24) is 19.7 Å². The van der Waals surface area contributed by atoms with Crippen LogP contribution in [-0.4, -0.2) is 61.8 Å². The SMILES string of the molecule is CC(C)[C@@H](C)[C@@]1(C)CC[C@]2(C)[C@H]3CC[C@@]4(C)[C@@]5(C)CO[C@@H](C)[C@@]4(C[C@@H](n4ncnc4-c4ccncc4)[C@@H]5OCC(C)(N)C(C)(C)C)C3=CC[C@@]2(C)[C@@H]1C(=O)O. The lowest BCUT2D eigenvalue weighted by atomic mass is 9.30. The summed E-state index contributed by atoms with van der Waals surface area (Å²) in [7, 11) is 0. The van der Waals surface area contributed by atoms with E-state index in [0.717, 1.165) is 49.9 Å². The number of ether oxygens (including phenoxy) is 2. The van der Waals surface area contributed by atoms with Crippen LogP contribution in [-0.2, 0) is 14.3 Å². The highest BCUT2D eigenvalue weighted by Gasteiger charge is 2.77. The van der Waals surface area contributed by atoms with Crippen molar-refractivity contribution in [2.24, 2.45) is 67.3 Å². The first-order valence-electron chi connectivity index (χ1n) is 21.2. The fourth-order valence-corrected chi connectivity index (χ4v) is 13.5. The van der Waals surface area contributed by atoms with Crippen LogP contribution in [0.3, 0.4) is 0 Å². The molecule has 3 heterocycles. The van der Waals surface area contributed by atoms with Crippen LogP contribution in [0.15, 0.2) is 42.5 Å². The lowest BCUT2D eigenvalue weighted by Gasteiger charge is -2.76. The van der Waals surface area contributed by atoms with Gasteiger partial charge in [-0.1, -0.05) is 87.8 Å². The van der Waals surface area contributed by atoms with Crippen LogP contribution in [0.4, 0.5) is 0 Å². The fraction of sp³-hybridized carbons (Fsp3) is 0.783. The second-order valence-corrected chi connectivity index (χ2v) is 21.7. The Morgan fingerprint density at radius 2 is 1.71 bits per heavy atom. The predicted molar refractivity (Wildman–Crippen MR) is 217 cm³/mol. The van der Waals surface area contributed by atoms with Gasteiger partial charge in [-0.05, 0) is 109 Å². The molecular formula is C46H71N5O4. The molecular weight excluding hydrogens is 687 g/mol. The molecule has 3 saturated carbocycles. The zero-order valence-electron chi connectivity index (χ0n) is 36.2. The lowest BCUT2D eigenvalue weighted by molar-refractivity contribution is -0.312. The Kier molecular flexibility index (Phi) is 9.55. The third kappa shape index (κ3) is 5.33. The summed E-state index contributed by atoms with van der Waals surface area (Å²) in [4.78, 5) is 22.8. The molecule has 9 heteroatoms. The van der Waals surface area contributed by atoms with Gasteiger partial charge in [0.2, 0.25) is 0 Å². The van der Waals surface area contributed by atoms with Crippen LogP contribution in [0.2, 0.25) is 0 Å². The van der Waals surface area contributed by atoms with Crippen molar-refractivity contribution >= 4 is 5.97 Å². The molecule has 2 aromatic heterocycles. The van der Waals surface area contributed by atoms with E-state index in [1.165, 1.54) is 5.57 Å². The molecule has 0 radical (unpaired) electrons. The smallest absolute Gasteiger partial charge is 0.307 e. The van der Waals surface area contributed by atoms with Crippen molar-refractivity contribution in [3.05, 3.63) is 42.5 Å². The molecule has 0 aromatic carbocycles. The molecule has 2 bridgehead atoms. The Morgan fingerprint density at radius 1 is 1.04 bits per heavy atom. The molecule has 7 rings (SSSR count). The Hall–Kier alpha value is -2.62. The number of carboxylic acids is 1. The Bertz CT molecular complexity index is 1820. The van der Waals surface area contributed by atoms with E-state index in [1.54, 1.807) is 6.33 Å². The van der Waals surface area contributed by atoms with E-state index >= 15 is 0 Å². The van der Waals surface area contributed by atoms with Crippen molar-refractivity contribution in [2.75, 3.05) is 13.2 Å². The van der Waals surface area contributed by atoms with Crippen molar-refractivity contribution in [2.45, 2.75) is 152 Å². The number of hydrogen-bond acceptors (Lipinski definition) is 7. The molecule has 4 fully saturated rings. The van der Waals surface area contributed by atoms with Gasteiger partial charge >= 0.3 is 5.97 Å². The first-order chi connectivity index (χ1) is 25.5. The number of carbonyl (C=O) groups is 1. The molecule has 2 aromatic rings. The number of allylic oxidation sites excluding steroid dienone is 1. The molecule has 1 aliphatic heterocycles. The van der Waals surface area contributed by atoms with Gasteiger partial charge in [-0.3, -0.25) is 9.78 Å². The molecule has 1 saturated heterocycles. The second kappa shape index (κ2) is 12.9. The van der Waals surface area contributed by atoms with Crippen LogP contribution < -0.4 is 5.73 Å². The number of nitrogens with zero attached hydrogens (tertiary/aromatic N) is 4.